The van der Waals surface area contributed by atoms with Crippen LogP contribution in [0.2, 0.25) is 0 Å². The van der Waals surface area contributed by atoms with E-state index in [0.29, 0.717) is 5.82 Å². The third-order valence-electron chi connectivity index (χ3n) is 11.2. The van der Waals surface area contributed by atoms with Crippen molar-refractivity contribution in [3.8, 4) is 56.2 Å². The molecule has 0 saturated heterocycles. The SMILES string of the molecule is c1ccc(-c2ccc(-c3cc(-c4ccc5c(c4)Sc4c(ccc6ccccc46)C54c5ccccc5-c5ccccc54)nc(-c4ccccc4)n3)cc2)cc1. The number of hydrogen-bond acceptors (Lipinski definition) is 3. The van der Waals surface area contributed by atoms with E-state index in [1.165, 1.54) is 65.1 Å². The van der Waals surface area contributed by atoms with Crippen molar-refractivity contribution < 1.29 is 0 Å². The third kappa shape index (κ3) is 4.68. The van der Waals surface area contributed by atoms with E-state index in [0.717, 1.165) is 28.1 Å². The fraction of sp³-hybridized carbons (Fsp3) is 0.0196. The Balaban J connectivity index is 1.12. The van der Waals surface area contributed by atoms with Gasteiger partial charge in [-0.2, -0.15) is 0 Å². The van der Waals surface area contributed by atoms with Crippen molar-refractivity contribution in [1.82, 2.24) is 9.97 Å². The Morgan fingerprint density at radius 1 is 0.370 bits per heavy atom. The molecule has 1 aliphatic heterocycles. The molecule has 2 nitrogen and oxygen atoms in total. The molecule has 8 aromatic carbocycles. The van der Waals surface area contributed by atoms with Crippen LogP contribution >= 0.6 is 11.8 Å². The molecule has 0 unspecified atom stereocenters. The normalized spacial score (nSPS) is 13.3. The van der Waals surface area contributed by atoms with Crippen molar-refractivity contribution in [2.45, 2.75) is 15.2 Å². The molecule has 0 atom stereocenters. The van der Waals surface area contributed by atoms with Crippen LogP contribution in [0.4, 0.5) is 0 Å². The van der Waals surface area contributed by atoms with Gasteiger partial charge in [0.1, 0.15) is 0 Å². The summed E-state index contributed by atoms with van der Waals surface area (Å²) in [6.45, 7) is 0. The molecule has 2 heterocycles. The van der Waals surface area contributed by atoms with E-state index in [1.54, 1.807) is 0 Å². The predicted molar refractivity (Wildman–Crippen MR) is 223 cm³/mol. The molecule has 1 spiro atoms. The van der Waals surface area contributed by atoms with E-state index in [-0.39, 0.29) is 0 Å². The minimum absolute atomic E-state index is 0.446. The molecule has 1 aliphatic carbocycles. The molecule has 0 N–H and O–H groups in total. The quantitative estimate of drug-likeness (QED) is 0.182. The second kappa shape index (κ2) is 12.3. The smallest absolute Gasteiger partial charge is 0.160 e. The lowest BCUT2D eigenvalue weighted by atomic mass is 9.67. The van der Waals surface area contributed by atoms with Gasteiger partial charge < -0.3 is 0 Å². The van der Waals surface area contributed by atoms with Crippen molar-refractivity contribution in [1.29, 1.82) is 0 Å². The first-order valence-electron chi connectivity index (χ1n) is 18.4. The van der Waals surface area contributed by atoms with Gasteiger partial charge in [-0.25, -0.2) is 9.97 Å². The molecule has 3 heteroatoms. The summed E-state index contributed by atoms with van der Waals surface area (Å²) >= 11 is 1.89. The van der Waals surface area contributed by atoms with Crippen LogP contribution in [0.15, 0.2) is 204 Å². The van der Waals surface area contributed by atoms with Crippen molar-refractivity contribution in [2.75, 3.05) is 0 Å². The van der Waals surface area contributed by atoms with E-state index in [4.69, 9.17) is 9.97 Å². The first kappa shape index (κ1) is 31.0. The molecular weight excluding hydrogens is 673 g/mol. The molecule has 252 valence electrons. The summed E-state index contributed by atoms with van der Waals surface area (Å²) in [7, 11) is 0. The molecule has 54 heavy (non-hydrogen) atoms. The lowest BCUT2D eigenvalue weighted by molar-refractivity contribution is 0.726. The Morgan fingerprint density at radius 2 is 0.907 bits per heavy atom. The lowest BCUT2D eigenvalue weighted by Crippen LogP contribution is -2.32. The average Bonchev–Trinajstić information content (AvgIpc) is 3.54. The summed E-state index contributed by atoms with van der Waals surface area (Å²) in [5.74, 6) is 0.715. The van der Waals surface area contributed by atoms with Gasteiger partial charge in [0.15, 0.2) is 5.82 Å². The largest absolute Gasteiger partial charge is 0.228 e. The first-order valence-corrected chi connectivity index (χ1v) is 19.2. The molecule has 1 aromatic heterocycles. The van der Waals surface area contributed by atoms with Crippen molar-refractivity contribution in [3.63, 3.8) is 0 Å². The number of rotatable bonds is 4. The summed E-state index contributed by atoms with van der Waals surface area (Å²) in [6, 6.07) is 70.2. The second-order valence-corrected chi connectivity index (χ2v) is 15.1. The van der Waals surface area contributed by atoms with Gasteiger partial charge in [-0.3, -0.25) is 0 Å². The Labute approximate surface area is 318 Å². The Morgan fingerprint density at radius 3 is 1.63 bits per heavy atom. The number of benzene rings is 8. The standard InChI is InChI=1S/C51H32N2S/c1-3-13-33(14-4-1)34-23-25-36(26-24-34)46-32-47(53-50(52-46)37-16-5-2-6-17-37)38-28-29-44-48(31-38)54-49-39-18-8-7-15-35(39)27-30-45(49)51(44)42-21-11-9-19-40(42)41-20-10-12-22-43(41)51/h1-32H. The number of nitrogens with zero attached hydrogens (tertiary/aromatic N) is 2. The molecule has 2 aliphatic rings. The summed E-state index contributed by atoms with van der Waals surface area (Å²) < 4.78 is 0. The molecule has 0 amide bonds. The summed E-state index contributed by atoms with van der Waals surface area (Å²) in [5.41, 5.74) is 14.8. The van der Waals surface area contributed by atoms with Crippen LogP contribution in [-0.4, -0.2) is 9.97 Å². The average molecular weight is 705 g/mol. The molecular formula is C51H32N2S. The zero-order valence-electron chi connectivity index (χ0n) is 29.3. The molecule has 0 radical (unpaired) electrons. The van der Waals surface area contributed by atoms with Crippen LogP contribution in [0.1, 0.15) is 22.3 Å². The van der Waals surface area contributed by atoms with E-state index in [9.17, 15) is 0 Å². The second-order valence-electron chi connectivity index (χ2n) is 14.1. The highest BCUT2D eigenvalue weighted by atomic mass is 32.2. The summed E-state index contributed by atoms with van der Waals surface area (Å²) in [5, 5.41) is 2.54. The van der Waals surface area contributed by atoms with Crippen LogP contribution in [0.25, 0.3) is 66.9 Å². The van der Waals surface area contributed by atoms with Gasteiger partial charge in [-0.1, -0.05) is 194 Å². The fourth-order valence-corrected chi connectivity index (χ4v) is 10.1. The van der Waals surface area contributed by atoms with Crippen LogP contribution in [-0.2, 0) is 5.41 Å². The Kier molecular flexibility index (Phi) is 7.05. The van der Waals surface area contributed by atoms with E-state index in [1.807, 2.05) is 30.0 Å². The first-order chi connectivity index (χ1) is 26.8. The number of hydrogen-bond donors (Lipinski definition) is 0. The van der Waals surface area contributed by atoms with Gasteiger partial charge in [0.2, 0.25) is 0 Å². The van der Waals surface area contributed by atoms with Crippen LogP contribution in [0, 0.1) is 0 Å². The predicted octanol–water partition coefficient (Wildman–Crippen LogP) is 13.1. The van der Waals surface area contributed by atoms with Gasteiger partial charge in [-0.05, 0) is 67.4 Å². The lowest BCUT2D eigenvalue weighted by Gasteiger charge is -2.40. The van der Waals surface area contributed by atoms with E-state index >= 15 is 0 Å². The minimum atomic E-state index is -0.446. The minimum Gasteiger partial charge on any atom is -0.228 e. The van der Waals surface area contributed by atoms with Crippen LogP contribution in [0.5, 0.6) is 0 Å². The van der Waals surface area contributed by atoms with Crippen molar-refractivity contribution >= 4 is 22.5 Å². The molecule has 0 fully saturated rings. The van der Waals surface area contributed by atoms with Gasteiger partial charge >= 0.3 is 0 Å². The maximum absolute atomic E-state index is 5.25. The van der Waals surface area contributed by atoms with Crippen LogP contribution < -0.4 is 0 Å². The zero-order chi connectivity index (χ0) is 35.6. The molecule has 0 bridgehead atoms. The van der Waals surface area contributed by atoms with Gasteiger partial charge in [0.05, 0.1) is 16.8 Å². The highest BCUT2D eigenvalue weighted by molar-refractivity contribution is 7.99. The van der Waals surface area contributed by atoms with Gasteiger partial charge in [-0.15, -0.1) is 0 Å². The molecule has 9 aromatic rings. The summed E-state index contributed by atoms with van der Waals surface area (Å²) in [6.07, 6.45) is 0. The summed E-state index contributed by atoms with van der Waals surface area (Å²) in [4.78, 5) is 13.0. The molecule has 0 saturated carbocycles. The highest BCUT2D eigenvalue weighted by Gasteiger charge is 2.50. The van der Waals surface area contributed by atoms with Gasteiger partial charge in [0.25, 0.3) is 0 Å². The van der Waals surface area contributed by atoms with E-state index < -0.39 is 5.41 Å². The fourth-order valence-electron chi connectivity index (χ4n) is 8.72. The monoisotopic (exact) mass is 704 g/mol. The highest BCUT2D eigenvalue weighted by Crippen LogP contribution is 2.63. The topological polar surface area (TPSA) is 25.8 Å². The third-order valence-corrected chi connectivity index (χ3v) is 12.4. The van der Waals surface area contributed by atoms with Crippen molar-refractivity contribution in [3.05, 3.63) is 216 Å². The Hall–Kier alpha value is -6.55. The van der Waals surface area contributed by atoms with E-state index in [2.05, 4.69) is 176 Å². The van der Waals surface area contributed by atoms with Crippen LogP contribution in [0.3, 0.4) is 0 Å². The van der Waals surface area contributed by atoms with Crippen molar-refractivity contribution in [2.24, 2.45) is 0 Å². The molecule has 11 rings (SSSR count). The maximum Gasteiger partial charge on any atom is 0.160 e. The number of fused-ring (bicyclic) bond motifs is 11. The maximum atomic E-state index is 5.25. The number of aromatic nitrogens is 2. The Bertz CT molecular complexity index is 2850. The zero-order valence-corrected chi connectivity index (χ0v) is 30.1. The van der Waals surface area contributed by atoms with Gasteiger partial charge in [0, 0.05) is 26.5 Å².